The molecule has 0 radical (unpaired) electrons. The number of benzene rings is 2. The zero-order valence-electron chi connectivity index (χ0n) is 18.5. The molecule has 1 aliphatic carbocycles. The fraction of sp³-hybridized carbons (Fsp3) is 0.400. The molecule has 0 N–H and O–H groups in total. The average Bonchev–Trinajstić information content (AvgIpc) is 3.21. The summed E-state index contributed by atoms with van der Waals surface area (Å²) in [7, 11) is 1.54. The Morgan fingerprint density at radius 1 is 1.12 bits per heavy atom. The van der Waals surface area contributed by atoms with E-state index >= 15 is 0 Å². The van der Waals surface area contributed by atoms with Crippen LogP contribution >= 0.6 is 0 Å². The van der Waals surface area contributed by atoms with Crippen LogP contribution < -0.4 is 0 Å². The number of nitrogens with zero attached hydrogens (tertiary/aromatic N) is 3. The summed E-state index contributed by atoms with van der Waals surface area (Å²) in [5.74, 6) is -1.33. The molecule has 0 saturated heterocycles. The Bertz CT molecular complexity index is 1040. The van der Waals surface area contributed by atoms with Crippen LogP contribution in [0, 0.1) is 17.6 Å². The first-order valence-electron chi connectivity index (χ1n) is 11.2. The molecule has 8 heteroatoms. The van der Waals surface area contributed by atoms with Crippen LogP contribution in [0.5, 0.6) is 0 Å². The quantitative estimate of drug-likeness (QED) is 0.606. The van der Waals surface area contributed by atoms with Crippen LogP contribution in [0.3, 0.4) is 0 Å². The van der Waals surface area contributed by atoms with E-state index in [1.165, 1.54) is 28.1 Å². The first kappa shape index (κ1) is 23.0. The number of hydrogen-bond acceptors (Lipinski definition) is 4. The summed E-state index contributed by atoms with van der Waals surface area (Å²) in [6.07, 6.45) is 2.94. The van der Waals surface area contributed by atoms with Crippen molar-refractivity contribution < 1.29 is 23.1 Å². The monoisotopic (exact) mass is 455 g/mol. The molecule has 2 amide bonds. The highest BCUT2D eigenvalue weighted by molar-refractivity contribution is 6.03. The number of amides is 2. The van der Waals surface area contributed by atoms with Gasteiger partial charge >= 0.3 is 0 Å². The maximum Gasteiger partial charge on any atom is 0.262 e. The molecule has 174 valence electrons. The molecule has 2 aromatic rings. The highest BCUT2D eigenvalue weighted by atomic mass is 19.1. The van der Waals surface area contributed by atoms with Crippen LogP contribution in [0.2, 0.25) is 0 Å². The van der Waals surface area contributed by atoms with E-state index in [-0.39, 0.29) is 30.6 Å². The summed E-state index contributed by atoms with van der Waals surface area (Å²) in [5, 5.41) is 5.77. The van der Waals surface area contributed by atoms with Crippen molar-refractivity contribution in [1.29, 1.82) is 0 Å². The number of halogens is 2. The lowest BCUT2D eigenvalue weighted by Crippen LogP contribution is -2.46. The van der Waals surface area contributed by atoms with E-state index in [4.69, 9.17) is 4.74 Å². The van der Waals surface area contributed by atoms with Crippen molar-refractivity contribution in [1.82, 2.24) is 9.91 Å². The van der Waals surface area contributed by atoms with Gasteiger partial charge in [-0.3, -0.25) is 9.59 Å². The Morgan fingerprint density at radius 3 is 2.48 bits per heavy atom. The molecule has 1 saturated carbocycles. The van der Waals surface area contributed by atoms with E-state index < -0.39 is 17.8 Å². The van der Waals surface area contributed by atoms with Crippen LogP contribution in [0.25, 0.3) is 0 Å². The predicted molar refractivity (Wildman–Crippen MR) is 119 cm³/mol. The molecule has 0 unspecified atom stereocenters. The molecular formula is C25H27F2N3O3. The molecule has 6 nitrogen and oxygen atoms in total. The lowest BCUT2D eigenvalue weighted by molar-refractivity contribution is -0.146. The average molecular weight is 456 g/mol. The standard InChI is InChI=1S/C25H27F2N3O3/c1-33-14-13-29(25(32)18-5-4-6-18)16-24(31)30-23(20-7-2-3-8-21(20)27)15-22(28-30)17-9-11-19(26)12-10-17/h2-3,7-12,18,23H,4-6,13-16H2,1H3/t23-/m0/s1. The Hall–Kier alpha value is -3.13. The van der Waals surface area contributed by atoms with Gasteiger partial charge in [0.05, 0.1) is 18.4 Å². The van der Waals surface area contributed by atoms with Crippen LogP contribution in [-0.2, 0) is 14.3 Å². The number of rotatable bonds is 8. The predicted octanol–water partition coefficient (Wildman–Crippen LogP) is 3.92. The van der Waals surface area contributed by atoms with Crippen molar-refractivity contribution >= 4 is 17.5 Å². The summed E-state index contributed by atoms with van der Waals surface area (Å²) in [4.78, 5) is 27.8. The minimum Gasteiger partial charge on any atom is -0.383 e. The third-order valence-electron chi connectivity index (χ3n) is 6.27. The second-order valence-corrected chi connectivity index (χ2v) is 8.41. The van der Waals surface area contributed by atoms with Crippen molar-refractivity contribution in [2.75, 3.05) is 26.8 Å². The molecule has 1 heterocycles. The maximum atomic E-state index is 14.7. The normalized spacial score (nSPS) is 18.1. The Labute approximate surface area is 191 Å². The van der Waals surface area contributed by atoms with Crippen LogP contribution in [0.4, 0.5) is 8.78 Å². The number of ether oxygens (including phenoxy) is 1. The number of carbonyl (C=O) groups excluding carboxylic acids is 2. The topological polar surface area (TPSA) is 62.2 Å². The summed E-state index contributed by atoms with van der Waals surface area (Å²) in [5.41, 5.74) is 1.57. The fourth-order valence-electron chi connectivity index (χ4n) is 4.16. The highest BCUT2D eigenvalue weighted by Crippen LogP contribution is 2.34. The van der Waals surface area contributed by atoms with Crippen LogP contribution in [0.15, 0.2) is 53.6 Å². The van der Waals surface area contributed by atoms with Gasteiger partial charge in [-0.05, 0) is 36.6 Å². The molecule has 1 fully saturated rings. The number of carbonyl (C=O) groups is 2. The van der Waals surface area contributed by atoms with Gasteiger partial charge in [-0.25, -0.2) is 13.8 Å². The first-order chi connectivity index (χ1) is 16.0. The van der Waals surface area contributed by atoms with Crippen molar-refractivity contribution in [3.8, 4) is 0 Å². The largest absolute Gasteiger partial charge is 0.383 e. The lowest BCUT2D eigenvalue weighted by atomic mass is 9.84. The van der Waals surface area contributed by atoms with Gasteiger partial charge in [0.1, 0.15) is 18.2 Å². The van der Waals surface area contributed by atoms with Crippen molar-refractivity contribution in [3.63, 3.8) is 0 Å². The maximum absolute atomic E-state index is 14.7. The second kappa shape index (κ2) is 10.2. The van der Waals surface area contributed by atoms with Gasteiger partial charge in [-0.1, -0.05) is 36.8 Å². The summed E-state index contributed by atoms with van der Waals surface area (Å²) in [6.45, 7) is 0.445. The van der Waals surface area contributed by atoms with Crippen molar-refractivity contribution in [2.24, 2.45) is 11.0 Å². The summed E-state index contributed by atoms with van der Waals surface area (Å²) < 4.78 is 33.2. The zero-order chi connectivity index (χ0) is 23.4. The smallest absolute Gasteiger partial charge is 0.262 e. The van der Waals surface area contributed by atoms with Gasteiger partial charge in [-0.15, -0.1) is 0 Å². The molecule has 0 spiro atoms. The molecule has 1 aliphatic heterocycles. The van der Waals surface area contributed by atoms with Gasteiger partial charge in [0, 0.05) is 31.6 Å². The molecule has 4 rings (SSSR count). The number of hydrogen-bond donors (Lipinski definition) is 0. The van der Waals surface area contributed by atoms with Crippen LogP contribution in [-0.4, -0.2) is 54.2 Å². The molecule has 0 aromatic heterocycles. The van der Waals surface area contributed by atoms with Gasteiger partial charge in [-0.2, -0.15) is 5.10 Å². The van der Waals surface area contributed by atoms with E-state index in [0.717, 1.165) is 19.3 Å². The van der Waals surface area contributed by atoms with Crippen molar-refractivity contribution in [3.05, 3.63) is 71.3 Å². The second-order valence-electron chi connectivity index (χ2n) is 8.41. The molecule has 2 aliphatic rings. The van der Waals surface area contributed by atoms with E-state index in [9.17, 15) is 18.4 Å². The third kappa shape index (κ3) is 5.11. The minimum atomic E-state index is -0.651. The summed E-state index contributed by atoms with van der Waals surface area (Å²) >= 11 is 0. The Kier molecular flexibility index (Phi) is 7.13. The first-order valence-corrected chi connectivity index (χ1v) is 11.2. The van der Waals surface area contributed by atoms with E-state index in [2.05, 4.69) is 5.10 Å². The Morgan fingerprint density at radius 2 is 1.85 bits per heavy atom. The van der Waals surface area contributed by atoms with Gasteiger partial charge in [0.2, 0.25) is 5.91 Å². The van der Waals surface area contributed by atoms with Gasteiger partial charge in [0.15, 0.2) is 0 Å². The van der Waals surface area contributed by atoms with Gasteiger partial charge < -0.3 is 9.64 Å². The zero-order valence-corrected chi connectivity index (χ0v) is 18.5. The number of methoxy groups -OCH3 is 1. The number of hydrazone groups is 1. The fourth-order valence-corrected chi connectivity index (χ4v) is 4.16. The SMILES string of the molecule is COCCN(CC(=O)N1N=C(c2ccc(F)cc2)C[C@H]1c1ccccc1F)C(=O)C1CCC1. The molecule has 0 bridgehead atoms. The highest BCUT2D eigenvalue weighted by Gasteiger charge is 2.37. The molecular weight excluding hydrogens is 428 g/mol. The van der Waals surface area contributed by atoms with E-state index in [1.54, 1.807) is 37.4 Å². The van der Waals surface area contributed by atoms with E-state index in [0.29, 0.717) is 30.0 Å². The molecule has 2 aromatic carbocycles. The van der Waals surface area contributed by atoms with E-state index in [1.807, 2.05) is 0 Å². The summed E-state index contributed by atoms with van der Waals surface area (Å²) in [6, 6.07) is 11.4. The lowest BCUT2D eigenvalue weighted by Gasteiger charge is -2.32. The van der Waals surface area contributed by atoms with Gasteiger partial charge in [0.25, 0.3) is 5.91 Å². The van der Waals surface area contributed by atoms with Crippen molar-refractivity contribution in [2.45, 2.75) is 31.7 Å². The van der Waals surface area contributed by atoms with Crippen LogP contribution in [0.1, 0.15) is 42.9 Å². The Balaban J connectivity index is 1.60. The molecule has 1 atom stereocenters. The third-order valence-corrected chi connectivity index (χ3v) is 6.27. The molecule has 33 heavy (non-hydrogen) atoms. The minimum absolute atomic E-state index is 0.0592.